The van der Waals surface area contributed by atoms with Gasteiger partial charge in [0, 0.05) is 5.69 Å². The molecule has 2 aromatic rings. The third-order valence-electron chi connectivity index (χ3n) is 3.69. The fourth-order valence-corrected chi connectivity index (χ4v) is 2.60. The molecule has 0 spiro atoms. The van der Waals surface area contributed by atoms with Crippen LogP contribution in [0, 0.1) is 17.5 Å². The molecule has 2 amide bonds. The van der Waals surface area contributed by atoms with Crippen LogP contribution in [0.15, 0.2) is 30.3 Å². The van der Waals surface area contributed by atoms with E-state index in [2.05, 4.69) is 5.32 Å². The lowest BCUT2D eigenvalue weighted by Gasteiger charge is -2.17. The largest absolute Gasteiger partial charge is 0.417 e. The van der Waals surface area contributed by atoms with Crippen LogP contribution in [0.25, 0.3) is 0 Å². The summed E-state index contributed by atoms with van der Waals surface area (Å²) in [6.45, 7) is -0.849. The molecule has 0 bridgehead atoms. The number of halogens is 7. The van der Waals surface area contributed by atoms with Crippen LogP contribution < -0.4 is 10.6 Å². The molecule has 5 nitrogen and oxygen atoms in total. The van der Waals surface area contributed by atoms with E-state index in [-0.39, 0.29) is 5.69 Å². The van der Waals surface area contributed by atoms with Crippen molar-refractivity contribution in [3.63, 3.8) is 0 Å². The van der Waals surface area contributed by atoms with Crippen molar-refractivity contribution in [2.24, 2.45) is 0 Å². The predicted octanol–water partition coefficient (Wildman–Crippen LogP) is 4.29. The third kappa shape index (κ3) is 6.10. The molecule has 0 aliphatic rings. The molecular weight excluding hydrogens is 440 g/mol. The number of nitrogens with zero attached hydrogens (tertiary/aromatic N) is 1. The third-order valence-corrected chi connectivity index (χ3v) is 4.02. The topological polar surface area (TPSA) is 61.4 Å². The van der Waals surface area contributed by atoms with Gasteiger partial charge in [-0.3, -0.25) is 14.5 Å². The number of amides is 2. The Balaban J connectivity index is 1.93. The molecule has 0 saturated heterocycles. The minimum absolute atomic E-state index is 0.154. The first kappa shape index (κ1) is 23.5. The zero-order valence-corrected chi connectivity index (χ0v) is 16.0. The SMILES string of the molecule is CN(CC(=O)Nc1ccc(Cl)c(C(F)(F)F)c1)CC(=O)Nc1ccc(F)c(F)c1F. The van der Waals surface area contributed by atoms with E-state index < -0.39 is 64.8 Å². The number of carbonyl (C=O) groups is 2. The molecule has 30 heavy (non-hydrogen) atoms. The summed E-state index contributed by atoms with van der Waals surface area (Å²) in [6.07, 6.45) is -4.71. The van der Waals surface area contributed by atoms with Crippen molar-refractivity contribution in [2.75, 3.05) is 30.8 Å². The van der Waals surface area contributed by atoms with E-state index in [1.807, 2.05) is 5.32 Å². The van der Waals surface area contributed by atoms with E-state index >= 15 is 0 Å². The first-order valence-corrected chi connectivity index (χ1v) is 8.54. The molecule has 0 atom stereocenters. The number of alkyl halides is 3. The minimum Gasteiger partial charge on any atom is -0.325 e. The van der Waals surface area contributed by atoms with Crippen molar-refractivity contribution in [3.05, 3.63) is 58.4 Å². The molecule has 2 rings (SSSR count). The number of rotatable bonds is 6. The molecule has 0 fully saturated rings. The van der Waals surface area contributed by atoms with E-state index in [4.69, 9.17) is 11.6 Å². The first-order valence-electron chi connectivity index (χ1n) is 8.17. The number of carbonyl (C=O) groups excluding carboxylic acids is 2. The van der Waals surface area contributed by atoms with Gasteiger partial charge in [0.05, 0.1) is 29.4 Å². The van der Waals surface area contributed by atoms with Crippen molar-refractivity contribution in [1.82, 2.24) is 4.90 Å². The highest BCUT2D eigenvalue weighted by atomic mass is 35.5. The van der Waals surface area contributed by atoms with E-state index in [0.29, 0.717) is 12.1 Å². The number of hydrogen-bond donors (Lipinski definition) is 2. The summed E-state index contributed by atoms with van der Waals surface area (Å²) in [6, 6.07) is 4.28. The number of nitrogens with one attached hydrogen (secondary N) is 2. The maximum atomic E-state index is 13.6. The van der Waals surface area contributed by atoms with E-state index in [9.17, 15) is 35.9 Å². The molecule has 0 unspecified atom stereocenters. The van der Waals surface area contributed by atoms with Gasteiger partial charge in [-0.25, -0.2) is 13.2 Å². The van der Waals surface area contributed by atoms with Crippen LogP contribution in [-0.2, 0) is 15.8 Å². The Bertz CT molecular complexity index is 968. The van der Waals surface area contributed by atoms with Gasteiger partial charge < -0.3 is 10.6 Å². The quantitative estimate of drug-likeness (QED) is 0.507. The highest BCUT2D eigenvalue weighted by molar-refractivity contribution is 6.31. The second kappa shape index (κ2) is 9.35. The summed E-state index contributed by atoms with van der Waals surface area (Å²) in [5, 5.41) is 3.74. The zero-order valence-electron chi connectivity index (χ0n) is 15.2. The van der Waals surface area contributed by atoms with Crippen LogP contribution in [0.4, 0.5) is 37.7 Å². The van der Waals surface area contributed by atoms with Gasteiger partial charge in [-0.05, 0) is 37.4 Å². The number of likely N-dealkylation sites (N-methyl/N-ethyl adjacent to an activating group) is 1. The summed E-state index contributed by atoms with van der Waals surface area (Å²) < 4.78 is 78.2. The lowest BCUT2D eigenvalue weighted by molar-refractivity contribution is -0.137. The van der Waals surface area contributed by atoms with Gasteiger partial charge in [0.1, 0.15) is 0 Å². The molecule has 0 heterocycles. The monoisotopic (exact) mass is 453 g/mol. The van der Waals surface area contributed by atoms with Gasteiger partial charge in [-0.15, -0.1) is 0 Å². The van der Waals surface area contributed by atoms with Crippen molar-refractivity contribution in [2.45, 2.75) is 6.18 Å². The number of benzene rings is 2. The van der Waals surface area contributed by atoms with Gasteiger partial charge in [0.2, 0.25) is 11.8 Å². The molecule has 162 valence electrons. The van der Waals surface area contributed by atoms with Crippen LogP contribution in [0.2, 0.25) is 5.02 Å². The summed E-state index contributed by atoms with van der Waals surface area (Å²) in [5.74, 6) is -6.32. The lowest BCUT2D eigenvalue weighted by Crippen LogP contribution is -2.36. The molecule has 0 aliphatic carbocycles. The Morgan fingerprint density at radius 3 is 2.17 bits per heavy atom. The van der Waals surface area contributed by atoms with Crippen LogP contribution >= 0.6 is 11.6 Å². The average Bonchev–Trinajstić information content (AvgIpc) is 2.62. The fourth-order valence-electron chi connectivity index (χ4n) is 2.38. The van der Waals surface area contributed by atoms with E-state index in [1.54, 1.807) is 0 Å². The molecule has 2 N–H and O–H groups in total. The van der Waals surface area contributed by atoms with Crippen molar-refractivity contribution >= 4 is 34.8 Å². The van der Waals surface area contributed by atoms with Gasteiger partial charge in [-0.1, -0.05) is 11.6 Å². The number of anilines is 2. The fraction of sp³-hybridized carbons (Fsp3) is 0.222. The second-order valence-corrected chi connectivity index (χ2v) is 6.59. The molecule has 12 heteroatoms. The molecule has 0 radical (unpaired) electrons. The Morgan fingerprint density at radius 1 is 0.967 bits per heavy atom. The zero-order chi connectivity index (χ0) is 22.6. The molecule has 0 saturated carbocycles. The highest BCUT2D eigenvalue weighted by Crippen LogP contribution is 2.36. The van der Waals surface area contributed by atoms with Crippen molar-refractivity contribution in [3.8, 4) is 0 Å². The minimum atomic E-state index is -4.71. The van der Waals surface area contributed by atoms with Gasteiger partial charge >= 0.3 is 6.18 Å². The summed E-state index contributed by atoms with van der Waals surface area (Å²) >= 11 is 5.50. The molecule has 0 aliphatic heterocycles. The Hall–Kier alpha value is -2.79. The van der Waals surface area contributed by atoms with Crippen molar-refractivity contribution < 1.29 is 35.9 Å². The van der Waals surface area contributed by atoms with Gasteiger partial charge in [-0.2, -0.15) is 13.2 Å². The maximum absolute atomic E-state index is 13.6. The van der Waals surface area contributed by atoms with Crippen molar-refractivity contribution in [1.29, 1.82) is 0 Å². The Labute approximate surface area is 171 Å². The van der Waals surface area contributed by atoms with E-state index in [1.165, 1.54) is 18.0 Å². The first-order chi connectivity index (χ1) is 13.9. The van der Waals surface area contributed by atoms with Crippen LogP contribution in [-0.4, -0.2) is 36.9 Å². The lowest BCUT2D eigenvalue weighted by atomic mass is 10.2. The normalized spacial score (nSPS) is 11.5. The Kier molecular flexibility index (Phi) is 7.32. The summed E-state index contributed by atoms with van der Waals surface area (Å²) in [4.78, 5) is 25.1. The van der Waals surface area contributed by atoms with Crippen LogP contribution in [0.3, 0.4) is 0 Å². The highest BCUT2D eigenvalue weighted by Gasteiger charge is 2.33. The maximum Gasteiger partial charge on any atom is 0.417 e. The molecule has 2 aromatic carbocycles. The standard InChI is InChI=1S/C18H14ClF6N3O2/c1-28(8-15(30)27-13-5-4-12(20)16(21)17(13)22)7-14(29)26-9-2-3-11(19)10(6-9)18(23,24)25/h2-6H,7-8H2,1H3,(H,26,29)(H,27,30). The predicted molar refractivity (Wildman–Crippen MR) is 97.5 cm³/mol. The molecular formula is C18H14ClF6N3O2. The summed E-state index contributed by atoms with van der Waals surface area (Å²) in [5.41, 5.74) is -1.86. The van der Waals surface area contributed by atoms with Crippen LogP contribution in [0.5, 0.6) is 0 Å². The van der Waals surface area contributed by atoms with Gasteiger partial charge in [0.15, 0.2) is 17.5 Å². The summed E-state index contributed by atoms with van der Waals surface area (Å²) in [7, 11) is 1.34. The Morgan fingerprint density at radius 2 is 1.57 bits per heavy atom. The number of hydrogen-bond acceptors (Lipinski definition) is 3. The average molecular weight is 454 g/mol. The molecule has 0 aromatic heterocycles. The second-order valence-electron chi connectivity index (χ2n) is 6.18. The van der Waals surface area contributed by atoms with E-state index in [0.717, 1.165) is 12.1 Å². The van der Waals surface area contributed by atoms with Gasteiger partial charge in [0.25, 0.3) is 0 Å². The smallest absolute Gasteiger partial charge is 0.325 e. The van der Waals surface area contributed by atoms with Crippen LogP contribution in [0.1, 0.15) is 5.56 Å².